The minimum atomic E-state index is 0. The maximum absolute atomic E-state index is 12.5. The van der Waals surface area contributed by atoms with E-state index in [4.69, 9.17) is 10.3 Å². The number of likely N-dealkylation sites (tertiary alicyclic amines) is 1. The molecule has 1 unspecified atom stereocenters. The van der Waals surface area contributed by atoms with Crippen LogP contribution in [0.5, 0.6) is 0 Å². The van der Waals surface area contributed by atoms with Gasteiger partial charge in [-0.15, -0.1) is 24.8 Å². The highest BCUT2D eigenvalue weighted by atomic mass is 35.5. The van der Waals surface area contributed by atoms with E-state index in [1.54, 1.807) is 0 Å². The van der Waals surface area contributed by atoms with Crippen LogP contribution in [-0.2, 0) is 17.9 Å². The van der Waals surface area contributed by atoms with Crippen LogP contribution in [-0.4, -0.2) is 76.1 Å². The van der Waals surface area contributed by atoms with E-state index < -0.39 is 0 Å². The van der Waals surface area contributed by atoms with Crippen LogP contribution < -0.4 is 5.73 Å². The first-order chi connectivity index (χ1) is 11.7. The molecule has 0 saturated carbocycles. The number of carbonyl (C=O) groups excluding carboxylic acids is 1. The number of hydrogen-bond acceptors (Lipinski definition) is 7. The second-order valence-corrected chi connectivity index (χ2v) is 6.79. The van der Waals surface area contributed by atoms with Crippen LogP contribution in [0.1, 0.15) is 37.9 Å². The zero-order valence-corrected chi connectivity index (χ0v) is 16.9. The van der Waals surface area contributed by atoms with Gasteiger partial charge in [-0.3, -0.25) is 14.6 Å². The minimum Gasteiger partial charge on any atom is -0.339 e. The number of amides is 1. The van der Waals surface area contributed by atoms with E-state index in [2.05, 4.69) is 31.8 Å². The molecule has 0 bridgehead atoms. The monoisotopic (exact) mass is 408 g/mol. The number of hydrogen-bond donors (Lipinski definition) is 1. The van der Waals surface area contributed by atoms with Gasteiger partial charge in [0.25, 0.3) is 0 Å². The summed E-state index contributed by atoms with van der Waals surface area (Å²) in [6.07, 6.45) is 3.51. The minimum absolute atomic E-state index is 0. The van der Waals surface area contributed by atoms with Crippen molar-refractivity contribution in [2.45, 2.75) is 45.3 Å². The zero-order chi connectivity index (χ0) is 16.9. The molecule has 150 valence electrons. The lowest BCUT2D eigenvalue weighted by Crippen LogP contribution is -2.51. The molecule has 2 aliphatic rings. The van der Waals surface area contributed by atoms with Gasteiger partial charge in [0.05, 0.1) is 19.6 Å². The summed E-state index contributed by atoms with van der Waals surface area (Å²) in [6, 6.07) is 0.391. The van der Waals surface area contributed by atoms with Crippen LogP contribution in [0.3, 0.4) is 0 Å². The fraction of sp³-hybridized carbons (Fsp3) is 0.812. The highest BCUT2D eigenvalue weighted by Crippen LogP contribution is 2.17. The molecule has 8 nitrogen and oxygen atoms in total. The van der Waals surface area contributed by atoms with Gasteiger partial charge in [-0.1, -0.05) is 5.16 Å². The first-order valence-corrected chi connectivity index (χ1v) is 8.91. The van der Waals surface area contributed by atoms with Crippen molar-refractivity contribution >= 4 is 30.7 Å². The van der Waals surface area contributed by atoms with Gasteiger partial charge in [-0.05, 0) is 26.2 Å². The molecule has 3 heterocycles. The second kappa shape index (κ2) is 11.0. The molecule has 1 aromatic rings. The van der Waals surface area contributed by atoms with Crippen LogP contribution in [0.2, 0.25) is 0 Å². The number of halogens is 2. The number of rotatable bonds is 5. The quantitative estimate of drug-likeness (QED) is 0.772. The third-order valence-electron chi connectivity index (χ3n) is 5.00. The zero-order valence-electron chi connectivity index (χ0n) is 15.3. The number of nitrogens with two attached hydrogens (primary N) is 1. The van der Waals surface area contributed by atoms with Crippen molar-refractivity contribution in [2.75, 3.05) is 39.3 Å². The highest BCUT2D eigenvalue weighted by Gasteiger charge is 2.26. The van der Waals surface area contributed by atoms with E-state index in [1.807, 2.05) is 0 Å². The molecule has 26 heavy (non-hydrogen) atoms. The Hall–Kier alpha value is -0.930. The second-order valence-electron chi connectivity index (χ2n) is 6.79. The largest absolute Gasteiger partial charge is 0.339 e. The maximum atomic E-state index is 12.5. The Labute approximate surface area is 167 Å². The topological polar surface area (TPSA) is 91.7 Å². The summed E-state index contributed by atoms with van der Waals surface area (Å²) in [6.45, 7) is 8.19. The summed E-state index contributed by atoms with van der Waals surface area (Å²) in [7, 11) is 0. The Morgan fingerprint density at radius 2 is 1.85 bits per heavy atom. The molecule has 1 atom stereocenters. The normalized spacial score (nSPS) is 21.8. The molecule has 0 spiro atoms. The van der Waals surface area contributed by atoms with Gasteiger partial charge in [0.2, 0.25) is 11.8 Å². The SMILES string of the molecule is CC1CCCCN1C(=O)CN1CCN(Cc2noc(CN)n2)CC1.Cl.Cl. The number of piperazine rings is 1. The number of aromatic nitrogens is 2. The molecular formula is C16H30Cl2N6O2. The number of carbonyl (C=O) groups is 1. The summed E-state index contributed by atoms with van der Waals surface area (Å²) < 4.78 is 5.03. The summed E-state index contributed by atoms with van der Waals surface area (Å²) in [5.74, 6) is 1.44. The molecule has 0 aromatic carbocycles. The average molecular weight is 409 g/mol. The molecule has 3 rings (SSSR count). The molecule has 2 N–H and O–H groups in total. The Morgan fingerprint density at radius 3 is 2.46 bits per heavy atom. The Kier molecular flexibility index (Phi) is 9.81. The van der Waals surface area contributed by atoms with E-state index in [0.29, 0.717) is 30.8 Å². The van der Waals surface area contributed by atoms with Crippen LogP contribution in [0.4, 0.5) is 0 Å². The molecule has 1 amide bonds. The van der Waals surface area contributed by atoms with Crippen LogP contribution in [0.15, 0.2) is 4.52 Å². The Morgan fingerprint density at radius 1 is 1.15 bits per heavy atom. The van der Waals surface area contributed by atoms with Crippen LogP contribution in [0, 0.1) is 0 Å². The van der Waals surface area contributed by atoms with Crippen molar-refractivity contribution in [3.8, 4) is 0 Å². The van der Waals surface area contributed by atoms with E-state index in [9.17, 15) is 4.79 Å². The predicted octanol–water partition coefficient (Wildman–Crippen LogP) is 0.890. The first kappa shape index (κ1) is 23.1. The lowest BCUT2D eigenvalue weighted by atomic mass is 10.0. The van der Waals surface area contributed by atoms with Crippen molar-refractivity contribution < 1.29 is 9.32 Å². The van der Waals surface area contributed by atoms with E-state index in [0.717, 1.165) is 45.6 Å². The molecule has 0 radical (unpaired) electrons. The van der Waals surface area contributed by atoms with Crippen molar-refractivity contribution in [1.82, 2.24) is 24.8 Å². The van der Waals surface area contributed by atoms with Gasteiger partial charge in [-0.25, -0.2) is 0 Å². The summed E-state index contributed by atoms with van der Waals surface area (Å²) >= 11 is 0. The number of piperidine rings is 1. The van der Waals surface area contributed by atoms with Gasteiger partial charge in [-0.2, -0.15) is 4.98 Å². The van der Waals surface area contributed by atoms with Crippen molar-refractivity contribution in [1.29, 1.82) is 0 Å². The fourth-order valence-corrected chi connectivity index (χ4v) is 3.49. The smallest absolute Gasteiger partial charge is 0.240 e. The molecule has 2 saturated heterocycles. The van der Waals surface area contributed by atoms with Gasteiger partial charge >= 0.3 is 0 Å². The Balaban J connectivity index is 0.00000169. The highest BCUT2D eigenvalue weighted by molar-refractivity contribution is 5.85. The summed E-state index contributed by atoms with van der Waals surface area (Å²) in [5.41, 5.74) is 5.48. The number of nitrogens with zero attached hydrogens (tertiary/aromatic N) is 5. The van der Waals surface area contributed by atoms with Gasteiger partial charge in [0.15, 0.2) is 5.82 Å². The molecule has 0 aliphatic carbocycles. The van der Waals surface area contributed by atoms with Gasteiger partial charge in [0.1, 0.15) is 0 Å². The summed E-state index contributed by atoms with van der Waals surface area (Å²) in [5, 5.41) is 3.94. The lowest BCUT2D eigenvalue weighted by molar-refractivity contribution is -0.136. The molecule has 10 heteroatoms. The molecular weight excluding hydrogens is 379 g/mol. The van der Waals surface area contributed by atoms with E-state index in [1.165, 1.54) is 6.42 Å². The standard InChI is InChI=1S/C16H28N6O2.2ClH/c1-13-4-2-3-5-22(13)16(23)12-21-8-6-20(7-9-21)11-14-18-15(10-17)24-19-14;;/h13H,2-12,17H2,1H3;2*1H. The van der Waals surface area contributed by atoms with E-state index in [-0.39, 0.29) is 37.3 Å². The molecule has 1 aromatic heterocycles. The van der Waals surface area contributed by atoms with Gasteiger partial charge < -0.3 is 15.2 Å². The fourth-order valence-electron chi connectivity index (χ4n) is 3.49. The first-order valence-electron chi connectivity index (χ1n) is 8.91. The third-order valence-corrected chi connectivity index (χ3v) is 5.00. The van der Waals surface area contributed by atoms with Crippen LogP contribution >= 0.6 is 24.8 Å². The lowest BCUT2D eigenvalue weighted by Gasteiger charge is -2.37. The average Bonchev–Trinajstić information content (AvgIpc) is 3.04. The molecule has 2 aliphatic heterocycles. The van der Waals surface area contributed by atoms with Crippen molar-refractivity contribution in [2.24, 2.45) is 5.73 Å². The van der Waals surface area contributed by atoms with Crippen molar-refractivity contribution in [3.05, 3.63) is 11.7 Å². The third kappa shape index (κ3) is 6.06. The summed E-state index contributed by atoms with van der Waals surface area (Å²) in [4.78, 5) is 23.4. The van der Waals surface area contributed by atoms with Gasteiger partial charge in [0, 0.05) is 38.8 Å². The van der Waals surface area contributed by atoms with Crippen molar-refractivity contribution in [3.63, 3.8) is 0 Å². The van der Waals surface area contributed by atoms with E-state index >= 15 is 0 Å². The molecule has 2 fully saturated rings. The van der Waals surface area contributed by atoms with Crippen LogP contribution in [0.25, 0.3) is 0 Å². The predicted molar refractivity (Wildman–Crippen MR) is 103 cm³/mol. The maximum Gasteiger partial charge on any atom is 0.240 e. The Bertz CT molecular complexity index is 551.